The van der Waals surface area contributed by atoms with Crippen LogP contribution in [0.4, 0.5) is 0 Å². The maximum atomic E-state index is 8.87. The topological polar surface area (TPSA) is 49.7 Å². The Kier molecular flexibility index (Phi) is 5.06. The molecule has 3 nitrogen and oxygen atoms in total. The average molecular weight is 264 g/mol. The average Bonchev–Trinajstić information content (AvgIpc) is 1.63. The van der Waals surface area contributed by atoms with Crippen molar-refractivity contribution in [3.8, 4) is 0 Å². The van der Waals surface area contributed by atoms with Gasteiger partial charge in [0.2, 0.25) is 0 Å². The molecule has 0 aliphatic rings. The monoisotopic (exact) mass is 262 g/mol. The minimum absolute atomic E-state index is 0.0317. The first-order chi connectivity index (χ1) is 4.06. The number of aliphatic hydroxyl groups is 2. The van der Waals surface area contributed by atoms with Crippen LogP contribution in [0.15, 0.2) is 0 Å². The number of alkyl halides is 2. The van der Waals surface area contributed by atoms with E-state index in [1.807, 2.05) is 0 Å². The summed E-state index contributed by atoms with van der Waals surface area (Å²) in [7, 11) is 0. The Hall–Kier alpha value is 0.840. The number of hydrogen-bond donors (Lipinski definition) is 2. The Balaban J connectivity index is 3.07. The molecule has 0 aromatic rings. The smallest absolute Gasteiger partial charge is 0.198 e. The summed E-state index contributed by atoms with van der Waals surface area (Å²) >= 11 is 5.75. The van der Waals surface area contributed by atoms with Crippen molar-refractivity contribution in [2.45, 2.75) is 3.42 Å². The molecule has 0 amide bonds. The summed E-state index contributed by atoms with van der Waals surface area (Å²) in [4.78, 5) is 0. The summed E-state index contributed by atoms with van der Waals surface area (Å²) in [5, 5.41) is 17.1. The van der Waals surface area contributed by atoms with E-state index in [9.17, 15) is 0 Å². The second-order valence-electron chi connectivity index (χ2n) is 1.44. The highest BCUT2D eigenvalue weighted by Crippen LogP contribution is 2.21. The van der Waals surface area contributed by atoms with E-state index in [0.717, 1.165) is 0 Å². The van der Waals surface area contributed by atoms with Crippen LogP contribution in [0.5, 0.6) is 0 Å². The van der Waals surface area contributed by atoms with Gasteiger partial charge in [-0.3, -0.25) is 0 Å². The van der Waals surface area contributed by atoms with E-state index in [4.69, 9.17) is 14.9 Å². The van der Waals surface area contributed by atoms with E-state index in [-0.39, 0.29) is 19.8 Å². The third kappa shape index (κ3) is 8.84. The van der Waals surface area contributed by atoms with Crippen molar-refractivity contribution >= 4 is 31.9 Å². The van der Waals surface area contributed by atoms with Gasteiger partial charge >= 0.3 is 0 Å². The molecule has 2 N–H and O–H groups in total. The van der Waals surface area contributed by atoms with Gasteiger partial charge in [0.05, 0.1) is 19.8 Å². The van der Waals surface area contributed by atoms with Crippen LogP contribution in [0.2, 0.25) is 0 Å². The lowest BCUT2D eigenvalue weighted by Gasteiger charge is -2.11. The van der Waals surface area contributed by atoms with Crippen LogP contribution < -0.4 is 0 Å². The molecule has 0 heterocycles. The maximum Gasteiger partial charge on any atom is 0.198 e. The minimum atomic E-state index is -1.16. The molecule has 0 aromatic carbocycles. The molecule has 0 bridgehead atoms. The molecule has 0 unspecified atom stereocenters. The Morgan fingerprint density at radius 3 is 2.33 bits per heavy atom. The zero-order valence-corrected chi connectivity index (χ0v) is 7.85. The van der Waals surface area contributed by atoms with Crippen LogP contribution in [-0.4, -0.2) is 33.5 Å². The molecule has 0 saturated carbocycles. The first-order valence-corrected chi connectivity index (χ1v) is 3.93. The van der Waals surface area contributed by atoms with Crippen molar-refractivity contribution in [3.63, 3.8) is 0 Å². The van der Waals surface area contributed by atoms with Gasteiger partial charge in [0, 0.05) is 0 Å². The fourth-order valence-electron chi connectivity index (χ4n) is 0.260. The lowest BCUT2D eigenvalue weighted by atomic mass is 10.7. The molecule has 0 radical (unpaired) electrons. The molecule has 0 saturated heterocycles. The molecule has 0 fully saturated rings. The van der Waals surface area contributed by atoms with Crippen molar-refractivity contribution in [3.05, 3.63) is 0 Å². The molecular formula is C4H8Br2O3. The van der Waals surface area contributed by atoms with E-state index >= 15 is 0 Å². The second-order valence-corrected chi connectivity index (χ2v) is 5.13. The largest absolute Gasteiger partial charge is 0.394 e. The van der Waals surface area contributed by atoms with E-state index in [0.29, 0.717) is 0 Å². The number of rotatable bonds is 4. The van der Waals surface area contributed by atoms with Crippen molar-refractivity contribution in [1.82, 2.24) is 0 Å². The van der Waals surface area contributed by atoms with Crippen molar-refractivity contribution < 1.29 is 14.9 Å². The predicted molar refractivity (Wildman–Crippen MR) is 40.7 cm³/mol. The highest BCUT2D eigenvalue weighted by Gasteiger charge is 2.16. The van der Waals surface area contributed by atoms with Crippen molar-refractivity contribution in [1.29, 1.82) is 0 Å². The van der Waals surface area contributed by atoms with Gasteiger partial charge in [0.1, 0.15) is 0 Å². The molecule has 56 valence electrons. The summed E-state index contributed by atoms with van der Waals surface area (Å²) in [5.41, 5.74) is 0. The van der Waals surface area contributed by atoms with Crippen molar-refractivity contribution in [2.75, 3.05) is 19.8 Å². The Morgan fingerprint density at radius 2 is 2.00 bits per heavy atom. The normalized spacial score (nSPS) is 12.0. The van der Waals surface area contributed by atoms with Gasteiger partial charge in [0.25, 0.3) is 0 Å². The van der Waals surface area contributed by atoms with E-state index in [1.54, 1.807) is 0 Å². The third-order valence-corrected chi connectivity index (χ3v) is 0.969. The van der Waals surface area contributed by atoms with Gasteiger partial charge in [-0.25, -0.2) is 0 Å². The fraction of sp³-hybridized carbons (Fsp3) is 1.00. The molecular weight excluding hydrogens is 256 g/mol. The van der Waals surface area contributed by atoms with Gasteiger partial charge < -0.3 is 14.9 Å². The second kappa shape index (κ2) is 4.62. The first kappa shape index (κ1) is 9.84. The zero-order valence-electron chi connectivity index (χ0n) is 4.68. The number of hydrogen-bond acceptors (Lipinski definition) is 3. The summed E-state index contributed by atoms with van der Waals surface area (Å²) in [6, 6.07) is 0. The fourth-order valence-corrected chi connectivity index (χ4v) is 0.583. The van der Waals surface area contributed by atoms with Crippen LogP contribution >= 0.6 is 31.9 Å². The molecule has 9 heavy (non-hydrogen) atoms. The molecule has 0 spiro atoms. The highest BCUT2D eigenvalue weighted by atomic mass is 79.9. The summed E-state index contributed by atoms with van der Waals surface area (Å²) in [5.74, 6) is 0. The minimum Gasteiger partial charge on any atom is -0.394 e. The molecule has 0 atom stereocenters. The molecule has 0 aliphatic heterocycles. The molecule has 0 rings (SSSR count). The maximum absolute atomic E-state index is 8.87. The summed E-state index contributed by atoms with van der Waals surface area (Å²) < 4.78 is 3.60. The third-order valence-electron chi connectivity index (χ3n) is 0.511. The highest BCUT2D eigenvalue weighted by molar-refractivity contribution is 9.25. The molecule has 5 heteroatoms. The standard InChI is InChI=1S/C4H8Br2O3/c5-4(6,8)3-9-2-1-7/h7-8H,1-3H2. The van der Waals surface area contributed by atoms with E-state index in [1.165, 1.54) is 0 Å². The summed E-state index contributed by atoms with van der Waals surface area (Å²) in [6.45, 7) is 0.309. The van der Waals surface area contributed by atoms with Crippen LogP contribution in [0.1, 0.15) is 0 Å². The first-order valence-electron chi connectivity index (χ1n) is 2.35. The molecule has 0 aliphatic carbocycles. The summed E-state index contributed by atoms with van der Waals surface area (Å²) in [6.07, 6.45) is 0. The zero-order chi connectivity index (χ0) is 7.33. The van der Waals surface area contributed by atoms with Gasteiger partial charge in [-0.1, -0.05) is 0 Å². The van der Waals surface area contributed by atoms with Crippen LogP contribution in [0, 0.1) is 0 Å². The van der Waals surface area contributed by atoms with Crippen molar-refractivity contribution in [2.24, 2.45) is 0 Å². The molecule has 0 aromatic heterocycles. The van der Waals surface area contributed by atoms with Crippen LogP contribution in [0.25, 0.3) is 0 Å². The lowest BCUT2D eigenvalue weighted by molar-refractivity contribution is 0.0470. The Bertz CT molecular complexity index is 70.7. The van der Waals surface area contributed by atoms with Gasteiger partial charge in [0.15, 0.2) is 3.42 Å². The van der Waals surface area contributed by atoms with Gasteiger partial charge in [-0.05, 0) is 31.9 Å². The van der Waals surface area contributed by atoms with E-state index in [2.05, 4.69) is 31.9 Å². The quantitative estimate of drug-likeness (QED) is 0.572. The lowest BCUT2D eigenvalue weighted by Crippen LogP contribution is -2.19. The predicted octanol–water partition coefficient (Wildman–Crippen LogP) is 0.431. The number of ether oxygens (including phenoxy) is 1. The van der Waals surface area contributed by atoms with Gasteiger partial charge in [-0.2, -0.15) is 0 Å². The SMILES string of the molecule is OCCOCC(O)(Br)Br. The van der Waals surface area contributed by atoms with E-state index < -0.39 is 3.42 Å². The number of halogens is 2. The van der Waals surface area contributed by atoms with Crippen LogP contribution in [-0.2, 0) is 4.74 Å². The Morgan fingerprint density at radius 1 is 1.44 bits per heavy atom. The number of aliphatic hydroxyl groups excluding tert-OH is 1. The van der Waals surface area contributed by atoms with Gasteiger partial charge in [-0.15, -0.1) is 0 Å². The van der Waals surface area contributed by atoms with Crippen LogP contribution in [0.3, 0.4) is 0 Å². The Labute approximate surface area is 70.3 Å².